The molecule has 0 bridgehead atoms. The second-order valence-corrected chi connectivity index (χ2v) is 5.56. The Bertz CT molecular complexity index is 595. The predicted molar refractivity (Wildman–Crippen MR) is 72.9 cm³/mol. The van der Waals surface area contributed by atoms with Crippen molar-refractivity contribution in [3.63, 3.8) is 0 Å². The quantitative estimate of drug-likeness (QED) is 0.823. The van der Waals surface area contributed by atoms with Gasteiger partial charge in [-0.05, 0) is 52.2 Å². The van der Waals surface area contributed by atoms with Crippen LogP contribution in [0.15, 0.2) is 16.6 Å². The van der Waals surface area contributed by atoms with E-state index < -0.39 is 0 Å². The highest BCUT2D eigenvalue weighted by Crippen LogP contribution is 2.28. The van der Waals surface area contributed by atoms with Crippen LogP contribution < -0.4 is 0 Å². The zero-order valence-electron chi connectivity index (χ0n) is 10.2. The minimum absolute atomic E-state index is 0.149. The predicted octanol–water partition coefficient (Wildman–Crippen LogP) is 4.25. The van der Waals surface area contributed by atoms with Crippen LogP contribution in [0.25, 0.3) is 5.69 Å². The number of aromatic nitrogens is 3. The second kappa shape index (κ2) is 4.97. The molecular formula is C12H12BrClFN3. The third-order valence-corrected chi connectivity index (χ3v) is 3.50. The molecule has 0 atom stereocenters. The molecule has 6 heteroatoms. The average Bonchev–Trinajstić information content (AvgIpc) is 2.66. The van der Waals surface area contributed by atoms with Crippen LogP contribution in [-0.2, 0) is 0 Å². The first kappa shape index (κ1) is 13.5. The van der Waals surface area contributed by atoms with Crippen LogP contribution in [0.4, 0.5) is 4.39 Å². The van der Waals surface area contributed by atoms with Gasteiger partial charge in [-0.2, -0.15) is 0 Å². The molecule has 0 radical (unpaired) electrons. The van der Waals surface area contributed by atoms with Gasteiger partial charge < -0.3 is 0 Å². The molecule has 18 heavy (non-hydrogen) atoms. The van der Waals surface area contributed by atoms with Crippen LogP contribution >= 0.6 is 27.5 Å². The molecule has 0 aliphatic heterocycles. The zero-order chi connectivity index (χ0) is 13.4. The van der Waals surface area contributed by atoms with E-state index in [0.717, 1.165) is 5.56 Å². The maximum absolute atomic E-state index is 13.7. The number of rotatable bonds is 2. The lowest BCUT2D eigenvalue weighted by Gasteiger charge is -2.13. The lowest BCUT2D eigenvalue weighted by atomic mass is 10.1. The first-order valence-corrected chi connectivity index (χ1v) is 6.65. The van der Waals surface area contributed by atoms with E-state index >= 15 is 0 Å². The third-order valence-electron chi connectivity index (χ3n) is 2.64. The summed E-state index contributed by atoms with van der Waals surface area (Å²) in [4.78, 5) is 0. The van der Waals surface area contributed by atoms with Crippen LogP contribution in [0.5, 0.6) is 0 Å². The Kier molecular flexibility index (Phi) is 3.73. The van der Waals surface area contributed by atoms with Gasteiger partial charge in [-0.25, -0.2) is 4.39 Å². The van der Waals surface area contributed by atoms with Crippen molar-refractivity contribution in [2.45, 2.75) is 26.7 Å². The molecular weight excluding hydrogens is 321 g/mol. The highest BCUT2D eigenvalue weighted by atomic mass is 79.9. The van der Waals surface area contributed by atoms with Gasteiger partial charge in [-0.3, -0.25) is 4.57 Å². The van der Waals surface area contributed by atoms with Crippen LogP contribution in [-0.4, -0.2) is 14.8 Å². The van der Waals surface area contributed by atoms with Gasteiger partial charge in [-0.15, -0.1) is 10.2 Å². The smallest absolute Gasteiger partial charge is 0.229 e. The van der Waals surface area contributed by atoms with Gasteiger partial charge >= 0.3 is 0 Å². The Hall–Kier alpha value is -0.940. The van der Waals surface area contributed by atoms with E-state index in [1.807, 2.05) is 20.8 Å². The maximum atomic E-state index is 13.7. The lowest BCUT2D eigenvalue weighted by molar-refractivity contribution is 0.618. The fourth-order valence-electron chi connectivity index (χ4n) is 1.75. The highest BCUT2D eigenvalue weighted by Gasteiger charge is 2.17. The van der Waals surface area contributed by atoms with Crippen LogP contribution in [0.1, 0.15) is 31.2 Å². The van der Waals surface area contributed by atoms with Gasteiger partial charge in [0, 0.05) is 5.92 Å². The zero-order valence-corrected chi connectivity index (χ0v) is 12.5. The van der Waals surface area contributed by atoms with Gasteiger partial charge in [0.1, 0.15) is 11.6 Å². The number of hydrogen-bond donors (Lipinski definition) is 0. The first-order valence-electron chi connectivity index (χ1n) is 5.48. The SMILES string of the molecule is Cc1cc(Br)c(F)cc1-n1c(Cl)nnc1C(C)C. The van der Waals surface area contributed by atoms with Gasteiger partial charge in [0.25, 0.3) is 0 Å². The standard InChI is InChI=1S/C12H12BrClFN3/c1-6(2)11-16-17-12(14)18(11)10-5-9(15)8(13)4-7(10)3/h4-6H,1-3H3. The minimum atomic E-state index is -0.338. The van der Waals surface area contributed by atoms with E-state index in [1.54, 1.807) is 10.6 Å². The minimum Gasteiger partial charge on any atom is -0.269 e. The molecule has 0 unspecified atom stereocenters. The monoisotopic (exact) mass is 331 g/mol. The summed E-state index contributed by atoms with van der Waals surface area (Å²) in [7, 11) is 0. The largest absolute Gasteiger partial charge is 0.269 e. The summed E-state index contributed by atoms with van der Waals surface area (Å²) in [5.74, 6) is 0.524. The molecule has 1 aromatic heterocycles. The van der Waals surface area contributed by atoms with E-state index in [1.165, 1.54) is 6.07 Å². The number of hydrogen-bond acceptors (Lipinski definition) is 2. The molecule has 0 spiro atoms. The molecule has 0 amide bonds. The van der Waals surface area contributed by atoms with E-state index in [4.69, 9.17) is 11.6 Å². The van der Waals surface area contributed by atoms with E-state index in [0.29, 0.717) is 16.0 Å². The topological polar surface area (TPSA) is 30.7 Å². The van der Waals surface area contributed by atoms with Crippen LogP contribution in [0.2, 0.25) is 5.28 Å². The molecule has 1 heterocycles. The Morgan fingerprint density at radius 3 is 2.61 bits per heavy atom. The Balaban J connectivity index is 2.69. The van der Waals surface area contributed by atoms with Crippen molar-refractivity contribution in [3.05, 3.63) is 39.1 Å². The van der Waals surface area contributed by atoms with Crippen molar-refractivity contribution in [1.82, 2.24) is 14.8 Å². The van der Waals surface area contributed by atoms with Crippen LogP contribution in [0, 0.1) is 12.7 Å². The third kappa shape index (κ3) is 2.29. The van der Waals surface area contributed by atoms with Crippen molar-refractivity contribution >= 4 is 27.5 Å². The van der Waals surface area contributed by atoms with Gasteiger partial charge in [0.2, 0.25) is 5.28 Å². The van der Waals surface area contributed by atoms with E-state index in [-0.39, 0.29) is 17.0 Å². The lowest BCUT2D eigenvalue weighted by Crippen LogP contribution is -2.05. The number of benzene rings is 1. The van der Waals surface area contributed by atoms with Crippen molar-refractivity contribution in [2.75, 3.05) is 0 Å². The van der Waals surface area contributed by atoms with Crippen molar-refractivity contribution < 1.29 is 4.39 Å². The molecule has 0 N–H and O–H groups in total. The van der Waals surface area contributed by atoms with E-state index in [2.05, 4.69) is 26.1 Å². The van der Waals surface area contributed by atoms with Crippen LogP contribution in [0.3, 0.4) is 0 Å². The summed E-state index contributed by atoms with van der Waals surface area (Å²) < 4.78 is 15.8. The molecule has 3 nitrogen and oxygen atoms in total. The number of aryl methyl sites for hydroxylation is 1. The van der Waals surface area contributed by atoms with Crippen molar-refractivity contribution in [3.8, 4) is 5.69 Å². The van der Waals surface area contributed by atoms with Crippen molar-refractivity contribution in [2.24, 2.45) is 0 Å². The Morgan fingerprint density at radius 1 is 1.33 bits per heavy atom. The summed E-state index contributed by atoms with van der Waals surface area (Å²) in [5.41, 5.74) is 1.56. The maximum Gasteiger partial charge on any atom is 0.229 e. The average molecular weight is 333 g/mol. The fourth-order valence-corrected chi connectivity index (χ4v) is 2.42. The van der Waals surface area contributed by atoms with Gasteiger partial charge in [0.15, 0.2) is 0 Å². The summed E-state index contributed by atoms with van der Waals surface area (Å²) in [5, 5.41) is 8.12. The number of nitrogens with zero attached hydrogens (tertiary/aromatic N) is 3. The molecule has 96 valence electrons. The summed E-state index contributed by atoms with van der Waals surface area (Å²) in [6.07, 6.45) is 0. The summed E-state index contributed by atoms with van der Waals surface area (Å²) in [6, 6.07) is 3.14. The van der Waals surface area contributed by atoms with Gasteiger partial charge in [0.05, 0.1) is 10.2 Å². The summed E-state index contributed by atoms with van der Waals surface area (Å²) in [6.45, 7) is 5.86. The molecule has 1 aromatic carbocycles. The normalized spacial score (nSPS) is 11.3. The molecule has 0 fully saturated rings. The van der Waals surface area contributed by atoms with Gasteiger partial charge in [-0.1, -0.05) is 13.8 Å². The Morgan fingerprint density at radius 2 is 2.00 bits per heavy atom. The molecule has 2 rings (SSSR count). The second-order valence-electron chi connectivity index (χ2n) is 4.37. The molecule has 0 saturated carbocycles. The molecule has 0 aliphatic carbocycles. The molecule has 2 aromatic rings. The fraction of sp³-hybridized carbons (Fsp3) is 0.333. The highest BCUT2D eigenvalue weighted by molar-refractivity contribution is 9.10. The molecule has 0 aliphatic rings. The molecule has 0 saturated heterocycles. The number of halogens is 3. The summed E-state index contributed by atoms with van der Waals surface area (Å²) >= 11 is 9.20. The van der Waals surface area contributed by atoms with E-state index in [9.17, 15) is 4.39 Å². The first-order chi connectivity index (χ1) is 8.41. The van der Waals surface area contributed by atoms with Crippen molar-refractivity contribution in [1.29, 1.82) is 0 Å². The Labute approximate surface area is 118 Å².